The molecule has 0 radical (unpaired) electrons. The molecule has 0 spiro atoms. The number of ether oxygens (including phenoxy) is 1. The normalized spacial score (nSPS) is 17.3. The number of hydrogen-bond donors (Lipinski definition) is 0. The number of rotatable bonds is 3. The maximum atomic E-state index is 12.1. The molecule has 0 unspecified atom stereocenters. The van der Waals surface area contributed by atoms with Crippen molar-refractivity contribution in [2.75, 3.05) is 13.1 Å². The Bertz CT molecular complexity index is 546. The molecule has 0 amide bonds. The van der Waals surface area contributed by atoms with Crippen LogP contribution in [0, 0.1) is 0 Å². The molecule has 4 nitrogen and oxygen atoms in total. The third kappa shape index (κ3) is 4.66. The molecule has 0 aromatic heterocycles. The van der Waals surface area contributed by atoms with E-state index in [-0.39, 0.29) is 19.2 Å². The van der Waals surface area contributed by atoms with Gasteiger partial charge in [-0.2, -0.15) is 13.2 Å². The minimum atomic E-state index is -4.99. The Morgan fingerprint density at radius 1 is 1.18 bits per heavy atom. The highest BCUT2D eigenvalue weighted by Gasteiger charge is 2.43. The van der Waals surface area contributed by atoms with Crippen LogP contribution in [-0.4, -0.2) is 36.4 Å². The third-order valence-corrected chi connectivity index (χ3v) is 3.78. The molecule has 1 aromatic rings. The highest BCUT2D eigenvalue weighted by Crippen LogP contribution is 2.28. The van der Waals surface area contributed by atoms with Crippen molar-refractivity contribution < 1.29 is 27.5 Å². The van der Waals surface area contributed by atoms with Gasteiger partial charge >= 0.3 is 12.1 Å². The van der Waals surface area contributed by atoms with E-state index in [1.807, 2.05) is 0 Å². The summed E-state index contributed by atoms with van der Waals surface area (Å²) >= 11 is 11.7. The van der Waals surface area contributed by atoms with Crippen LogP contribution in [0.5, 0.6) is 5.75 Å². The van der Waals surface area contributed by atoms with Gasteiger partial charge in [0.25, 0.3) is 0 Å². The molecule has 0 N–H and O–H groups in total. The number of nitrogens with zero attached hydrogens (tertiary/aromatic N) is 1. The average Bonchev–Trinajstić information content (AvgIpc) is 2.44. The molecular formula is C13H12Cl2F3NO3. The van der Waals surface area contributed by atoms with Gasteiger partial charge in [0.1, 0.15) is 11.9 Å². The molecule has 0 atom stereocenters. The van der Waals surface area contributed by atoms with E-state index >= 15 is 0 Å². The smallest absolute Gasteiger partial charge is 0.490 e. The summed E-state index contributed by atoms with van der Waals surface area (Å²) in [6.07, 6.45) is -4.34. The Labute approximate surface area is 134 Å². The molecule has 1 fully saturated rings. The molecule has 9 heteroatoms. The largest absolute Gasteiger partial charge is 0.492 e. The monoisotopic (exact) mass is 357 g/mol. The first-order chi connectivity index (χ1) is 10.3. The number of carbonyl (C=O) groups is 1. The fourth-order valence-corrected chi connectivity index (χ4v) is 2.24. The molecule has 1 aromatic carbocycles. The van der Waals surface area contributed by atoms with E-state index in [0.29, 0.717) is 28.6 Å². The Balaban J connectivity index is 1.82. The molecule has 122 valence electrons. The van der Waals surface area contributed by atoms with Gasteiger partial charge in [0.15, 0.2) is 0 Å². The van der Waals surface area contributed by atoms with Crippen LogP contribution in [0.3, 0.4) is 0 Å². The maximum absolute atomic E-state index is 12.1. The molecule has 1 aliphatic rings. The lowest BCUT2D eigenvalue weighted by atomic mass is 10.1. The van der Waals surface area contributed by atoms with Crippen LogP contribution in [0.15, 0.2) is 18.2 Å². The highest BCUT2D eigenvalue weighted by molar-refractivity contribution is 6.42. The van der Waals surface area contributed by atoms with Gasteiger partial charge in [-0.1, -0.05) is 23.2 Å². The average molecular weight is 358 g/mol. The van der Waals surface area contributed by atoms with Gasteiger partial charge in [-0.05, 0) is 12.1 Å². The summed E-state index contributed by atoms with van der Waals surface area (Å²) in [6, 6.07) is 4.82. The van der Waals surface area contributed by atoms with Gasteiger partial charge in [-0.25, -0.2) is 4.79 Å². The molecule has 1 heterocycles. The second-order valence-corrected chi connectivity index (χ2v) is 5.51. The second-order valence-electron chi connectivity index (χ2n) is 4.70. The zero-order valence-corrected chi connectivity index (χ0v) is 12.7. The van der Waals surface area contributed by atoms with Crippen LogP contribution in [0.1, 0.15) is 12.8 Å². The van der Waals surface area contributed by atoms with Gasteiger partial charge in [0.2, 0.25) is 0 Å². The second kappa shape index (κ2) is 6.93. The Hall–Kier alpha value is -1.18. The van der Waals surface area contributed by atoms with E-state index in [2.05, 4.69) is 4.84 Å². The van der Waals surface area contributed by atoms with Crippen molar-refractivity contribution in [3.63, 3.8) is 0 Å². The fourth-order valence-electron chi connectivity index (χ4n) is 1.95. The van der Waals surface area contributed by atoms with Crippen molar-refractivity contribution in [2.24, 2.45) is 0 Å². The zero-order valence-electron chi connectivity index (χ0n) is 11.2. The van der Waals surface area contributed by atoms with E-state index in [4.69, 9.17) is 27.9 Å². The predicted octanol–water partition coefficient (Wildman–Crippen LogP) is 3.86. The summed E-state index contributed by atoms with van der Waals surface area (Å²) in [4.78, 5) is 15.0. The van der Waals surface area contributed by atoms with Crippen molar-refractivity contribution >= 4 is 29.2 Å². The van der Waals surface area contributed by atoms with Gasteiger partial charge in [-0.3, -0.25) is 0 Å². The van der Waals surface area contributed by atoms with Crippen molar-refractivity contribution in [1.82, 2.24) is 5.06 Å². The molecule has 0 bridgehead atoms. The number of piperidine rings is 1. The summed E-state index contributed by atoms with van der Waals surface area (Å²) in [5.74, 6) is -1.68. The van der Waals surface area contributed by atoms with Crippen LogP contribution in [-0.2, 0) is 9.63 Å². The summed E-state index contributed by atoms with van der Waals surface area (Å²) < 4.78 is 41.9. The highest BCUT2D eigenvalue weighted by atomic mass is 35.5. The molecular weight excluding hydrogens is 346 g/mol. The molecule has 0 saturated carbocycles. The van der Waals surface area contributed by atoms with E-state index in [0.717, 1.165) is 5.06 Å². The molecule has 0 aliphatic carbocycles. The summed E-state index contributed by atoms with van der Waals surface area (Å²) in [7, 11) is 0. The quantitative estimate of drug-likeness (QED) is 0.823. The standard InChI is InChI=1S/C13H12Cl2F3NO3/c14-10-2-1-9(7-11(10)15)21-8-3-5-19(6-4-8)22-12(20)13(16,17)18/h1-2,7-8H,3-6H2. The van der Waals surface area contributed by atoms with Crippen LogP contribution in [0.2, 0.25) is 10.0 Å². The molecule has 1 aliphatic heterocycles. The van der Waals surface area contributed by atoms with Gasteiger partial charge in [-0.15, -0.1) is 5.06 Å². The first-order valence-electron chi connectivity index (χ1n) is 6.41. The van der Waals surface area contributed by atoms with Crippen LogP contribution < -0.4 is 4.74 Å². The molecule has 1 saturated heterocycles. The maximum Gasteiger partial charge on any atom is 0.492 e. The molecule has 2 rings (SSSR count). The van der Waals surface area contributed by atoms with Gasteiger partial charge in [0, 0.05) is 32.0 Å². The number of carbonyl (C=O) groups excluding carboxylic acids is 1. The molecule has 22 heavy (non-hydrogen) atoms. The van der Waals surface area contributed by atoms with Crippen molar-refractivity contribution in [1.29, 1.82) is 0 Å². The van der Waals surface area contributed by atoms with Crippen molar-refractivity contribution in [2.45, 2.75) is 25.1 Å². The summed E-state index contributed by atoms with van der Waals surface area (Å²) in [6.45, 7) is 0.321. The zero-order chi connectivity index (χ0) is 16.3. The first kappa shape index (κ1) is 17.2. The van der Waals surface area contributed by atoms with E-state index in [1.165, 1.54) is 0 Å². The number of alkyl halides is 3. The van der Waals surface area contributed by atoms with Crippen LogP contribution in [0.4, 0.5) is 13.2 Å². The number of halogens is 5. The van der Waals surface area contributed by atoms with E-state index in [9.17, 15) is 18.0 Å². The lowest BCUT2D eigenvalue weighted by Gasteiger charge is -2.30. The fraction of sp³-hybridized carbons (Fsp3) is 0.462. The van der Waals surface area contributed by atoms with E-state index in [1.54, 1.807) is 18.2 Å². The number of hydroxylamine groups is 2. The van der Waals surface area contributed by atoms with Gasteiger partial charge in [0.05, 0.1) is 10.0 Å². The third-order valence-electron chi connectivity index (χ3n) is 3.04. The van der Waals surface area contributed by atoms with Crippen molar-refractivity contribution in [3.8, 4) is 5.75 Å². The SMILES string of the molecule is O=C(ON1CCC(Oc2ccc(Cl)c(Cl)c2)CC1)C(F)(F)F. The number of benzene rings is 1. The number of hydrogen-bond acceptors (Lipinski definition) is 4. The summed E-state index contributed by atoms with van der Waals surface area (Å²) in [5, 5.41) is 1.75. The Kier molecular flexibility index (Phi) is 5.41. The van der Waals surface area contributed by atoms with E-state index < -0.39 is 12.1 Å². The summed E-state index contributed by atoms with van der Waals surface area (Å²) in [5.41, 5.74) is 0. The minimum Gasteiger partial charge on any atom is -0.490 e. The topological polar surface area (TPSA) is 38.8 Å². The van der Waals surface area contributed by atoms with Crippen LogP contribution in [0.25, 0.3) is 0 Å². The lowest BCUT2D eigenvalue weighted by Crippen LogP contribution is -2.42. The predicted molar refractivity (Wildman–Crippen MR) is 73.8 cm³/mol. The minimum absolute atomic E-state index is 0.161. The lowest BCUT2D eigenvalue weighted by molar-refractivity contribution is -0.243. The van der Waals surface area contributed by atoms with Gasteiger partial charge < -0.3 is 9.57 Å². The van der Waals surface area contributed by atoms with Crippen LogP contribution >= 0.6 is 23.2 Å². The van der Waals surface area contributed by atoms with Crippen molar-refractivity contribution in [3.05, 3.63) is 28.2 Å². The first-order valence-corrected chi connectivity index (χ1v) is 7.17. The Morgan fingerprint density at radius 2 is 1.82 bits per heavy atom. The Morgan fingerprint density at radius 3 is 2.36 bits per heavy atom.